The third-order valence-electron chi connectivity index (χ3n) is 2.37. The number of carbonyl (C=O) groups is 1. The highest BCUT2D eigenvalue weighted by Gasteiger charge is 2.19. The predicted octanol–water partition coefficient (Wildman–Crippen LogP) is 1.46. The van der Waals surface area contributed by atoms with Gasteiger partial charge in [-0.25, -0.2) is 4.98 Å². The lowest BCUT2D eigenvalue weighted by Crippen LogP contribution is -2.27. The van der Waals surface area contributed by atoms with Crippen LogP contribution in [0, 0.1) is 5.95 Å². The Labute approximate surface area is 81.6 Å². The van der Waals surface area contributed by atoms with Crippen molar-refractivity contribution in [2.24, 2.45) is 0 Å². The van der Waals surface area contributed by atoms with Gasteiger partial charge in [-0.1, -0.05) is 0 Å². The van der Waals surface area contributed by atoms with Gasteiger partial charge in [0.1, 0.15) is 0 Å². The summed E-state index contributed by atoms with van der Waals surface area (Å²) >= 11 is 0. The number of carbonyl (C=O) groups excluding carboxylic acids is 1. The molecule has 4 heteroatoms. The van der Waals surface area contributed by atoms with Crippen molar-refractivity contribution in [1.29, 1.82) is 0 Å². The number of hydrogen-bond donors (Lipinski definition) is 0. The van der Waals surface area contributed by atoms with Crippen LogP contribution >= 0.6 is 0 Å². The van der Waals surface area contributed by atoms with Crippen LogP contribution in [-0.2, 0) is 0 Å². The van der Waals surface area contributed by atoms with Crippen LogP contribution in [0.5, 0.6) is 0 Å². The fourth-order valence-electron chi connectivity index (χ4n) is 1.61. The normalized spacial score (nSPS) is 15.9. The molecule has 1 aliphatic rings. The van der Waals surface area contributed by atoms with Crippen molar-refractivity contribution < 1.29 is 9.18 Å². The molecule has 1 saturated heterocycles. The van der Waals surface area contributed by atoms with E-state index in [1.54, 1.807) is 4.90 Å². The minimum absolute atomic E-state index is 0.0463. The summed E-state index contributed by atoms with van der Waals surface area (Å²) < 4.78 is 12.5. The zero-order chi connectivity index (χ0) is 9.97. The van der Waals surface area contributed by atoms with Crippen molar-refractivity contribution in [3.05, 3.63) is 29.8 Å². The van der Waals surface area contributed by atoms with Gasteiger partial charge < -0.3 is 4.90 Å². The molecule has 1 fully saturated rings. The monoisotopic (exact) mass is 194 g/mol. The first-order chi connectivity index (χ1) is 6.77. The third-order valence-corrected chi connectivity index (χ3v) is 2.37. The summed E-state index contributed by atoms with van der Waals surface area (Å²) in [5.74, 6) is -0.599. The van der Waals surface area contributed by atoms with E-state index in [1.807, 2.05) is 0 Å². The molecule has 2 heterocycles. The fraction of sp³-hybridized carbons (Fsp3) is 0.400. The molecule has 1 aliphatic heterocycles. The third kappa shape index (κ3) is 1.73. The first-order valence-electron chi connectivity index (χ1n) is 4.68. The number of halogens is 1. The Morgan fingerprint density at radius 3 is 2.64 bits per heavy atom. The Morgan fingerprint density at radius 1 is 1.36 bits per heavy atom. The molecule has 1 aromatic rings. The lowest BCUT2D eigenvalue weighted by atomic mass is 10.2. The maximum Gasteiger partial charge on any atom is 0.255 e. The molecule has 3 nitrogen and oxygen atoms in total. The van der Waals surface area contributed by atoms with E-state index in [1.165, 1.54) is 18.3 Å². The van der Waals surface area contributed by atoms with Gasteiger partial charge in [0.2, 0.25) is 5.95 Å². The second-order valence-electron chi connectivity index (χ2n) is 3.37. The maximum atomic E-state index is 12.5. The van der Waals surface area contributed by atoms with E-state index in [9.17, 15) is 9.18 Å². The topological polar surface area (TPSA) is 33.2 Å². The Kier molecular flexibility index (Phi) is 2.43. The molecule has 1 amide bonds. The van der Waals surface area contributed by atoms with E-state index in [0.29, 0.717) is 5.56 Å². The SMILES string of the molecule is O=C(c1ccc(F)nc1)N1CCCC1. The van der Waals surface area contributed by atoms with Crippen molar-refractivity contribution in [2.75, 3.05) is 13.1 Å². The first kappa shape index (κ1) is 9.12. The molecule has 0 aliphatic carbocycles. The molecule has 2 rings (SSSR count). The van der Waals surface area contributed by atoms with Crippen LogP contribution in [0.1, 0.15) is 23.2 Å². The highest BCUT2D eigenvalue weighted by Crippen LogP contribution is 2.12. The number of pyridine rings is 1. The first-order valence-corrected chi connectivity index (χ1v) is 4.68. The van der Waals surface area contributed by atoms with E-state index in [2.05, 4.69) is 4.98 Å². The molecule has 1 aromatic heterocycles. The second kappa shape index (κ2) is 3.74. The van der Waals surface area contributed by atoms with Crippen molar-refractivity contribution in [3.8, 4) is 0 Å². The number of aromatic nitrogens is 1. The summed E-state index contributed by atoms with van der Waals surface area (Å²) in [5.41, 5.74) is 0.466. The van der Waals surface area contributed by atoms with Crippen LogP contribution in [-0.4, -0.2) is 28.9 Å². The highest BCUT2D eigenvalue weighted by molar-refractivity contribution is 5.94. The molecule has 0 bridgehead atoms. The van der Waals surface area contributed by atoms with Crippen molar-refractivity contribution in [1.82, 2.24) is 9.88 Å². The number of rotatable bonds is 1. The Morgan fingerprint density at radius 2 is 2.07 bits per heavy atom. The van der Waals surface area contributed by atoms with Gasteiger partial charge in [-0.3, -0.25) is 4.79 Å². The number of likely N-dealkylation sites (tertiary alicyclic amines) is 1. The molecule has 0 unspecified atom stereocenters. The fourth-order valence-corrected chi connectivity index (χ4v) is 1.61. The molecule has 14 heavy (non-hydrogen) atoms. The van der Waals surface area contributed by atoms with E-state index >= 15 is 0 Å². The molecule has 74 valence electrons. The Hall–Kier alpha value is -1.45. The maximum absolute atomic E-state index is 12.5. The lowest BCUT2D eigenvalue weighted by Gasteiger charge is -2.14. The summed E-state index contributed by atoms with van der Waals surface area (Å²) in [6.07, 6.45) is 3.40. The highest BCUT2D eigenvalue weighted by atomic mass is 19.1. The van der Waals surface area contributed by atoms with Crippen molar-refractivity contribution in [2.45, 2.75) is 12.8 Å². The smallest absolute Gasteiger partial charge is 0.255 e. The molecular formula is C10H11FN2O. The minimum atomic E-state index is -0.553. The predicted molar refractivity (Wildman–Crippen MR) is 49.3 cm³/mol. The van der Waals surface area contributed by atoms with E-state index in [-0.39, 0.29) is 5.91 Å². The summed E-state index contributed by atoms with van der Waals surface area (Å²) in [7, 11) is 0. The van der Waals surface area contributed by atoms with Crippen molar-refractivity contribution in [3.63, 3.8) is 0 Å². The van der Waals surface area contributed by atoms with Crippen LogP contribution in [0.15, 0.2) is 18.3 Å². The molecule has 0 spiro atoms. The molecular weight excluding hydrogens is 183 g/mol. The van der Waals surface area contributed by atoms with Gasteiger partial charge in [0.25, 0.3) is 5.91 Å². The van der Waals surface area contributed by atoms with Gasteiger partial charge in [0.15, 0.2) is 0 Å². The summed E-state index contributed by atoms with van der Waals surface area (Å²) in [6, 6.07) is 2.69. The van der Waals surface area contributed by atoms with E-state index in [4.69, 9.17) is 0 Å². The summed E-state index contributed by atoms with van der Waals surface area (Å²) in [4.78, 5) is 17.0. The van der Waals surface area contributed by atoms with Gasteiger partial charge in [0.05, 0.1) is 5.56 Å². The largest absolute Gasteiger partial charge is 0.339 e. The molecule has 0 atom stereocenters. The Balaban J connectivity index is 2.14. The minimum Gasteiger partial charge on any atom is -0.339 e. The molecule has 0 aromatic carbocycles. The zero-order valence-electron chi connectivity index (χ0n) is 7.74. The number of amides is 1. The van der Waals surface area contributed by atoms with Gasteiger partial charge in [-0.2, -0.15) is 4.39 Å². The van der Waals surface area contributed by atoms with Gasteiger partial charge in [-0.05, 0) is 25.0 Å². The average molecular weight is 194 g/mol. The van der Waals surface area contributed by atoms with Gasteiger partial charge in [-0.15, -0.1) is 0 Å². The van der Waals surface area contributed by atoms with Crippen molar-refractivity contribution >= 4 is 5.91 Å². The van der Waals surface area contributed by atoms with Crippen LogP contribution in [0.25, 0.3) is 0 Å². The van der Waals surface area contributed by atoms with Crippen LogP contribution in [0.3, 0.4) is 0 Å². The quantitative estimate of drug-likeness (QED) is 0.634. The summed E-state index contributed by atoms with van der Waals surface area (Å²) in [5, 5.41) is 0. The lowest BCUT2D eigenvalue weighted by molar-refractivity contribution is 0.0792. The van der Waals surface area contributed by atoms with Crippen LogP contribution in [0.4, 0.5) is 4.39 Å². The second-order valence-corrected chi connectivity index (χ2v) is 3.37. The average Bonchev–Trinajstić information content (AvgIpc) is 2.71. The van der Waals surface area contributed by atoms with Crippen LogP contribution in [0.2, 0.25) is 0 Å². The van der Waals surface area contributed by atoms with E-state index < -0.39 is 5.95 Å². The number of hydrogen-bond acceptors (Lipinski definition) is 2. The standard InChI is InChI=1S/C10H11FN2O/c11-9-4-3-8(7-12-9)10(14)13-5-1-2-6-13/h3-4,7H,1-2,5-6H2. The Bertz CT molecular complexity index is 330. The number of nitrogens with zero attached hydrogens (tertiary/aromatic N) is 2. The molecule has 0 radical (unpaired) electrons. The van der Waals surface area contributed by atoms with Crippen LogP contribution < -0.4 is 0 Å². The molecule has 0 N–H and O–H groups in total. The van der Waals surface area contributed by atoms with Gasteiger partial charge in [0, 0.05) is 19.3 Å². The summed E-state index contributed by atoms with van der Waals surface area (Å²) in [6.45, 7) is 1.60. The molecule has 0 saturated carbocycles. The zero-order valence-corrected chi connectivity index (χ0v) is 7.74. The van der Waals surface area contributed by atoms with E-state index in [0.717, 1.165) is 25.9 Å². The van der Waals surface area contributed by atoms with Gasteiger partial charge >= 0.3 is 0 Å².